The number of benzene rings is 1. The summed E-state index contributed by atoms with van der Waals surface area (Å²) in [6.45, 7) is 1.50. The maximum Gasteiger partial charge on any atom is 0.227 e. The maximum atomic E-state index is 11.6. The lowest BCUT2D eigenvalue weighted by Gasteiger charge is -2.26. The van der Waals surface area contributed by atoms with Gasteiger partial charge in [0.15, 0.2) is 0 Å². The second-order valence-corrected chi connectivity index (χ2v) is 4.55. The van der Waals surface area contributed by atoms with Gasteiger partial charge in [0, 0.05) is 25.7 Å². The fourth-order valence-electron chi connectivity index (χ4n) is 2.26. The van der Waals surface area contributed by atoms with Gasteiger partial charge >= 0.3 is 0 Å². The van der Waals surface area contributed by atoms with Crippen LogP contribution >= 0.6 is 0 Å². The van der Waals surface area contributed by atoms with Crippen molar-refractivity contribution in [3.05, 3.63) is 29.3 Å². The Morgan fingerprint density at radius 3 is 3.00 bits per heavy atom. The summed E-state index contributed by atoms with van der Waals surface area (Å²) in [7, 11) is 1.84. The number of carbonyl (C=O) groups is 1. The van der Waals surface area contributed by atoms with Gasteiger partial charge in [0.2, 0.25) is 5.91 Å². The van der Waals surface area contributed by atoms with Crippen LogP contribution in [0.5, 0.6) is 0 Å². The fourth-order valence-corrected chi connectivity index (χ4v) is 2.26. The topological polar surface area (TPSA) is 70.4 Å². The number of hydrogen-bond acceptors (Lipinski definition) is 4. The van der Waals surface area contributed by atoms with Crippen molar-refractivity contribution in [3.63, 3.8) is 0 Å². The minimum atomic E-state index is 0.200. The van der Waals surface area contributed by atoms with E-state index in [0.717, 1.165) is 25.1 Å². The molecule has 1 aliphatic rings. The Hall–Kier alpha value is -1.43. The van der Waals surface area contributed by atoms with Crippen molar-refractivity contribution in [1.82, 2.24) is 10.7 Å². The van der Waals surface area contributed by atoms with Crippen LogP contribution in [0.25, 0.3) is 0 Å². The smallest absolute Gasteiger partial charge is 0.227 e. The van der Waals surface area contributed by atoms with Crippen molar-refractivity contribution in [1.29, 1.82) is 0 Å². The van der Waals surface area contributed by atoms with Gasteiger partial charge in [0.25, 0.3) is 0 Å². The van der Waals surface area contributed by atoms with Gasteiger partial charge in [-0.2, -0.15) is 0 Å². The summed E-state index contributed by atoms with van der Waals surface area (Å²) in [6.07, 6.45) is 2.43. The monoisotopic (exact) mass is 248 g/mol. The second-order valence-electron chi connectivity index (χ2n) is 4.55. The maximum absolute atomic E-state index is 11.6. The van der Waals surface area contributed by atoms with Crippen LogP contribution in [0.15, 0.2) is 18.2 Å². The van der Waals surface area contributed by atoms with E-state index in [9.17, 15) is 4.79 Å². The summed E-state index contributed by atoms with van der Waals surface area (Å²) >= 11 is 0. The van der Waals surface area contributed by atoms with Gasteiger partial charge in [-0.05, 0) is 30.0 Å². The van der Waals surface area contributed by atoms with Crippen LogP contribution < -0.4 is 21.5 Å². The van der Waals surface area contributed by atoms with E-state index in [1.54, 1.807) is 4.90 Å². The quantitative estimate of drug-likeness (QED) is 0.300. The van der Waals surface area contributed by atoms with Gasteiger partial charge in [0.05, 0.1) is 6.67 Å². The van der Waals surface area contributed by atoms with E-state index in [1.807, 2.05) is 13.1 Å². The van der Waals surface area contributed by atoms with Crippen LogP contribution in [0.4, 0.5) is 5.69 Å². The molecule has 1 aliphatic heterocycles. The molecule has 1 aromatic rings. The summed E-state index contributed by atoms with van der Waals surface area (Å²) in [4.78, 5) is 13.3. The normalized spacial score (nSPS) is 14.8. The zero-order valence-electron chi connectivity index (χ0n) is 10.7. The highest BCUT2D eigenvalue weighted by Crippen LogP contribution is 2.27. The summed E-state index contributed by atoms with van der Waals surface area (Å²) in [6, 6.07) is 6.34. The number of aryl methyl sites for hydroxylation is 1. The van der Waals surface area contributed by atoms with E-state index in [0.29, 0.717) is 13.1 Å². The third-order valence-electron chi connectivity index (χ3n) is 3.31. The van der Waals surface area contributed by atoms with Crippen LogP contribution in [-0.2, 0) is 17.6 Å². The molecule has 98 valence electrons. The van der Waals surface area contributed by atoms with Crippen molar-refractivity contribution in [2.45, 2.75) is 19.3 Å². The molecule has 1 aromatic carbocycles. The summed E-state index contributed by atoms with van der Waals surface area (Å²) in [5, 5.41) is 3.18. The van der Waals surface area contributed by atoms with Gasteiger partial charge in [-0.1, -0.05) is 12.1 Å². The first-order valence-electron chi connectivity index (χ1n) is 6.25. The molecule has 18 heavy (non-hydrogen) atoms. The molecular formula is C13H20N4O. The number of amides is 1. The molecule has 0 radical (unpaired) electrons. The van der Waals surface area contributed by atoms with E-state index < -0.39 is 0 Å². The molecule has 0 atom stereocenters. The van der Waals surface area contributed by atoms with Gasteiger partial charge < -0.3 is 10.2 Å². The number of nitrogens with two attached hydrogens (primary N) is 1. The number of anilines is 1. The Bertz CT molecular complexity index is 433. The number of carbonyl (C=O) groups excluding carboxylic acids is 1. The molecule has 0 unspecified atom stereocenters. The molecule has 0 saturated carbocycles. The summed E-state index contributed by atoms with van der Waals surface area (Å²) < 4.78 is 0. The average molecular weight is 248 g/mol. The Morgan fingerprint density at radius 2 is 2.22 bits per heavy atom. The minimum absolute atomic E-state index is 0.200. The summed E-state index contributed by atoms with van der Waals surface area (Å²) in [5.74, 6) is 5.38. The lowest BCUT2D eigenvalue weighted by atomic mass is 9.98. The first-order chi connectivity index (χ1) is 8.72. The first-order valence-corrected chi connectivity index (χ1v) is 6.25. The van der Waals surface area contributed by atoms with E-state index in [4.69, 9.17) is 5.84 Å². The Labute approximate surface area is 107 Å². The predicted molar refractivity (Wildman–Crippen MR) is 72.1 cm³/mol. The first kappa shape index (κ1) is 13.0. The predicted octanol–water partition coefficient (Wildman–Crippen LogP) is 0.149. The molecule has 0 fully saturated rings. The fraction of sp³-hybridized carbons (Fsp3) is 0.462. The van der Waals surface area contributed by atoms with E-state index >= 15 is 0 Å². The zero-order chi connectivity index (χ0) is 13.0. The number of rotatable bonds is 5. The van der Waals surface area contributed by atoms with E-state index in [2.05, 4.69) is 22.9 Å². The zero-order valence-corrected chi connectivity index (χ0v) is 10.7. The van der Waals surface area contributed by atoms with Crippen LogP contribution in [0.2, 0.25) is 0 Å². The van der Waals surface area contributed by atoms with E-state index in [1.165, 1.54) is 11.1 Å². The highest BCUT2D eigenvalue weighted by Gasteiger charge is 2.20. The molecule has 5 nitrogen and oxygen atoms in total. The summed E-state index contributed by atoms with van der Waals surface area (Å²) in [5.41, 5.74) is 6.17. The lowest BCUT2D eigenvalue weighted by Crippen LogP contribution is -2.34. The minimum Gasteiger partial charge on any atom is -0.315 e. The largest absolute Gasteiger partial charge is 0.315 e. The molecule has 0 aliphatic carbocycles. The molecule has 5 heteroatoms. The van der Waals surface area contributed by atoms with Crippen LogP contribution in [0, 0.1) is 0 Å². The highest BCUT2D eigenvalue weighted by molar-refractivity contribution is 5.95. The Morgan fingerprint density at radius 1 is 1.39 bits per heavy atom. The molecule has 0 aromatic heterocycles. The molecule has 0 spiro atoms. The number of fused-ring (bicyclic) bond motifs is 1. The van der Waals surface area contributed by atoms with Gasteiger partial charge in [-0.25, -0.2) is 5.43 Å². The van der Waals surface area contributed by atoms with Crippen molar-refractivity contribution < 1.29 is 4.79 Å². The molecule has 0 bridgehead atoms. The van der Waals surface area contributed by atoms with Crippen LogP contribution in [0.1, 0.15) is 17.5 Å². The molecular weight excluding hydrogens is 228 g/mol. The molecule has 4 N–H and O–H groups in total. The number of nitrogens with zero attached hydrogens (tertiary/aromatic N) is 1. The highest BCUT2D eigenvalue weighted by atomic mass is 16.2. The van der Waals surface area contributed by atoms with Crippen molar-refractivity contribution in [2.75, 3.05) is 25.2 Å². The van der Waals surface area contributed by atoms with Gasteiger partial charge in [-0.3, -0.25) is 10.6 Å². The number of hydrazine groups is 1. The third kappa shape index (κ3) is 2.87. The van der Waals surface area contributed by atoms with Crippen LogP contribution in [-0.4, -0.2) is 26.2 Å². The average Bonchev–Trinajstić information content (AvgIpc) is 2.39. The van der Waals surface area contributed by atoms with Crippen molar-refractivity contribution in [2.24, 2.45) is 5.84 Å². The van der Waals surface area contributed by atoms with Gasteiger partial charge in [-0.15, -0.1) is 0 Å². The standard InChI is InChI=1S/C13H20N4O/c1-17-12-4-2-10(6-7-15-9-16-14)8-11(12)3-5-13(17)18/h2,4,8,15-16H,3,5-7,9,14H2,1H3. The number of nitrogens with one attached hydrogen (secondary N) is 2. The van der Waals surface area contributed by atoms with Crippen molar-refractivity contribution in [3.8, 4) is 0 Å². The second kappa shape index (κ2) is 5.95. The van der Waals surface area contributed by atoms with Crippen molar-refractivity contribution >= 4 is 11.6 Å². The molecule has 0 saturated heterocycles. The third-order valence-corrected chi connectivity index (χ3v) is 3.31. The number of hydrogen-bond donors (Lipinski definition) is 3. The Balaban J connectivity index is 2.01. The molecule has 1 heterocycles. The van der Waals surface area contributed by atoms with Crippen LogP contribution in [0.3, 0.4) is 0 Å². The SMILES string of the molecule is CN1C(=O)CCc2cc(CCNCNN)ccc21. The Kier molecular flexibility index (Phi) is 4.30. The molecule has 1 amide bonds. The molecule has 2 rings (SSSR count). The van der Waals surface area contributed by atoms with E-state index in [-0.39, 0.29) is 5.91 Å². The lowest BCUT2D eigenvalue weighted by molar-refractivity contribution is -0.118. The van der Waals surface area contributed by atoms with Gasteiger partial charge in [0.1, 0.15) is 0 Å².